The monoisotopic (exact) mass is 277 g/mol. The second kappa shape index (κ2) is 5.83. The molecule has 3 N–H and O–H groups in total. The Morgan fingerprint density at radius 1 is 1.25 bits per heavy atom. The van der Waals surface area contributed by atoms with Crippen molar-refractivity contribution in [2.24, 2.45) is 5.73 Å². The normalized spacial score (nSPS) is 27.9. The Morgan fingerprint density at radius 2 is 2.05 bits per heavy atom. The van der Waals surface area contributed by atoms with Crippen LogP contribution in [0.5, 0.6) is 0 Å². The number of hydrogen-bond acceptors (Lipinski definition) is 3. The highest BCUT2D eigenvalue weighted by Crippen LogP contribution is 2.30. The van der Waals surface area contributed by atoms with E-state index >= 15 is 0 Å². The summed E-state index contributed by atoms with van der Waals surface area (Å²) < 4.78 is 2.23. The highest BCUT2D eigenvalue weighted by molar-refractivity contribution is 5.72. The predicted octanol–water partition coefficient (Wildman–Crippen LogP) is 1.11. The Labute approximate surface area is 119 Å². The molecule has 1 saturated heterocycles. The van der Waals surface area contributed by atoms with E-state index in [-0.39, 0.29) is 6.03 Å². The molecule has 1 saturated carbocycles. The van der Waals surface area contributed by atoms with Crippen LogP contribution in [0.25, 0.3) is 0 Å². The molecule has 0 radical (unpaired) electrons. The number of rotatable bonds is 3. The van der Waals surface area contributed by atoms with Gasteiger partial charge >= 0.3 is 6.03 Å². The molecule has 110 valence electrons. The topological polar surface area (TPSA) is 76.2 Å². The predicted molar refractivity (Wildman–Crippen MR) is 76.2 cm³/mol. The fourth-order valence-corrected chi connectivity index (χ4v) is 3.53. The maximum Gasteiger partial charge on any atom is 0.314 e. The van der Waals surface area contributed by atoms with Crippen molar-refractivity contribution in [1.82, 2.24) is 19.8 Å². The Balaban J connectivity index is 1.54. The lowest BCUT2D eigenvalue weighted by Crippen LogP contribution is -2.49. The van der Waals surface area contributed by atoms with Gasteiger partial charge in [0.25, 0.3) is 0 Å². The molecule has 1 aromatic heterocycles. The molecule has 2 aliphatic rings. The van der Waals surface area contributed by atoms with Gasteiger partial charge in [0, 0.05) is 43.6 Å². The number of likely N-dealkylation sites (tertiary alicyclic amines) is 1. The van der Waals surface area contributed by atoms with Gasteiger partial charge in [0.05, 0.1) is 6.33 Å². The van der Waals surface area contributed by atoms with Gasteiger partial charge in [0.1, 0.15) is 0 Å². The molecule has 6 nitrogen and oxygen atoms in total. The Morgan fingerprint density at radius 3 is 2.70 bits per heavy atom. The van der Waals surface area contributed by atoms with Crippen molar-refractivity contribution in [1.29, 1.82) is 0 Å². The van der Waals surface area contributed by atoms with E-state index in [1.807, 2.05) is 12.5 Å². The molecule has 1 aliphatic carbocycles. The zero-order valence-electron chi connectivity index (χ0n) is 11.7. The van der Waals surface area contributed by atoms with Gasteiger partial charge in [-0.15, -0.1) is 0 Å². The van der Waals surface area contributed by atoms with Gasteiger partial charge in [-0.3, -0.25) is 0 Å². The van der Waals surface area contributed by atoms with Crippen LogP contribution in [0.3, 0.4) is 0 Å². The summed E-state index contributed by atoms with van der Waals surface area (Å²) in [5.74, 6) is 0. The van der Waals surface area contributed by atoms with Crippen molar-refractivity contribution in [2.75, 3.05) is 13.1 Å². The van der Waals surface area contributed by atoms with Crippen molar-refractivity contribution in [3.05, 3.63) is 18.7 Å². The third-order valence-corrected chi connectivity index (χ3v) is 4.64. The van der Waals surface area contributed by atoms with Crippen LogP contribution in [0, 0.1) is 0 Å². The minimum absolute atomic E-state index is 0.291. The lowest BCUT2D eigenvalue weighted by molar-refractivity contribution is 0.180. The van der Waals surface area contributed by atoms with Gasteiger partial charge in [-0.2, -0.15) is 0 Å². The van der Waals surface area contributed by atoms with Crippen molar-refractivity contribution in [2.45, 2.75) is 50.2 Å². The van der Waals surface area contributed by atoms with E-state index in [1.54, 1.807) is 4.90 Å². The first kappa shape index (κ1) is 13.4. The summed E-state index contributed by atoms with van der Waals surface area (Å²) in [5.41, 5.74) is 5.32. The SMILES string of the molecule is NC(=O)N1CCC(N[C@H]2CCC[C@@H]2n2ccnc2)CC1. The zero-order valence-corrected chi connectivity index (χ0v) is 11.7. The Bertz CT molecular complexity index is 438. The number of piperidine rings is 1. The first-order valence-corrected chi connectivity index (χ1v) is 7.52. The van der Waals surface area contributed by atoms with Crippen LogP contribution >= 0.6 is 0 Å². The summed E-state index contributed by atoms with van der Waals surface area (Å²) in [5, 5.41) is 3.79. The summed E-state index contributed by atoms with van der Waals surface area (Å²) in [6, 6.07) is 1.25. The van der Waals surface area contributed by atoms with Crippen molar-refractivity contribution < 1.29 is 4.79 Å². The van der Waals surface area contributed by atoms with E-state index in [1.165, 1.54) is 19.3 Å². The number of urea groups is 1. The van der Waals surface area contributed by atoms with E-state index < -0.39 is 0 Å². The van der Waals surface area contributed by atoms with E-state index in [0.717, 1.165) is 25.9 Å². The van der Waals surface area contributed by atoms with Gasteiger partial charge in [0.15, 0.2) is 0 Å². The van der Waals surface area contributed by atoms with Crippen LogP contribution in [0.2, 0.25) is 0 Å². The second-order valence-electron chi connectivity index (χ2n) is 5.88. The smallest absolute Gasteiger partial charge is 0.314 e. The lowest BCUT2D eigenvalue weighted by Gasteiger charge is -2.34. The van der Waals surface area contributed by atoms with Crippen LogP contribution in [0.15, 0.2) is 18.7 Å². The van der Waals surface area contributed by atoms with Gasteiger partial charge in [-0.05, 0) is 32.1 Å². The molecule has 0 aromatic carbocycles. The number of nitrogens with two attached hydrogens (primary N) is 1. The summed E-state index contributed by atoms with van der Waals surface area (Å²) in [4.78, 5) is 17.0. The third kappa shape index (κ3) is 2.80. The summed E-state index contributed by atoms with van der Waals surface area (Å²) >= 11 is 0. The molecule has 1 aromatic rings. The van der Waals surface area contributed by atoms with Gasteiger partial charge < -0.3 is 20.5 Å². The standard InChI is InChI=1S/C14H23N5O/c15-14(20)18-7-4-11(5-8-18)17-12-2-1-3-13(12)19-9-6-16-10-19/h6,9-13,17H,1-5,7-8H2,(H2,15,20)/t12-,13-/m0/s1. The Hall–Kier alpha value is -1.56. The number of aromatic nitrogens is 2. The van der Waals surface area contributed by atoms with Crippen LogP contribution < -0.4 is 11.1 Å². The number of hydrogen-bond donors (Lipinski definition) is 2. The number of amides is 2. The van der Waals surface area contributed by atoms with E-state index in [2.05, 4.69) is 21.1 Å². The fraction of sp³-hybridized carbons (Fsp3) is 0.714. The van der Waals surface area contributed by atoms with Gasteiger partial charge in [0.2, 0.25) is 0 Å². The highest BCUT2D eigenvalue weighted by Gasteiger charge is 2.31. The molecular weight excluding hydrogens is 254 g/mol. The summed E-state index contributed by atoms with van der Waals surface area (Å²) in [7, 11) is 0. The van der Waals surface area contributed by atoms with Crippen molar-refractivity contribution in [3.63, 3.8) is 0 Å². The number of primary amides is 1. The second-order valence-corrected chi connectivity index (χ2v) is 5.88. The molecule has 20 heavy (non-hydrogen) atoms. The number of nitrogens with one attached hydrogen (secondary N) is 1. The number of nitrogens with zero attached hydrogens (tertiary/aromatic N) is 3. The highest BCUT2D eigenvalue weighted by atomic mass is 16.2. The molecule has 0 unspecified atom stereocenters. The average molecular weight is 277 g/mol. The molecular formula is C14H23N5O. The maximum absolute atomic E-state index is 11.1. The quantitative estimate of drug-likeness (QED) is 0.869. The molecule has 2 atom stereocenters. The minimum Gasteiger partial charge on any atom is -0.351 e. The number of imidazole rings is 1. The lowest BCUT2D eigenvalue weighted by atomic mass is 10.0. The first-order chi connectivity index (χ1) is 9.74. The molecule has 0 spiro atoms. The van der Waals surface area contributed by atoms with Gasteiger partial charge in [-0.1, -0.05) is 0 Å². The summed E-state index contributed by atoms with van der Waals surface area (Å²) in [6.45, 7) is 1.55. The third-order valence-electron chi connectivity index (χ3n) is 4.64. The molecule has 3 rings (SSSR count). The minimum atomic E-state index is -0.291. The Kier molecular flexibility index (Phi) is 3.91. The maximum atomic E-state index is 11.1. The van der Waals surface area contributed by atoms with E-state index in [4.69, 9.17) is 5.73 Å². The van der Waals surface area contributed by atoms with Crippen LogP contribution in [-0.2, 0) is 0 Å². The zero-order chi connectivity index (χ0) is 13.9. The van der Waals surface area contributed by atoms with Crippen molar-refractivity contribution >= 4 is 6.03 Å². The van der Waals surface area contributed by atoms with Crippen LogP contribution in [-0.4, -0.2) is 45.7 Å². The fourth-order valence-electron chi connectivity index (χ4n) is 3.53. The molecule has 2 heterocycles. The van der Waals surface area contributed by atoms with Crippen LogP contribution in [0.4, 0.5) is 4.79 Å². The molecule has 2 amide bonds. The van der Waals surface area contributed by atoms with E-state index in [9.17, 15) is 4.79 Å². The average Bonchev–Trinajstić information content (AvgIpc) is 3.09. The molecule has 2 fully saturated rings. The van der Waals surface area contributed by atoms with Crippen LogP contribution in [0.1, 0.15) is 38.1 Å². The number of carbonyl (C=O) groups excluding carboxylic acids is 1. The van der Waals surface area contributed by atoms with Crippen molar-refractivity contribution in [3.8, 4) is 0 Å². The number of carbonyl (C=O) groups is 1. The summed E-state index contributed by atoms with van der Waals surface area (Å²) in [6.07, 6.45) is 11.5. The largest absolute Gasteiger partial charge is 0.351 e. The molecule has 0 bridgehead atoms. The molecule has 6 heteroatoms. The molecule has 1 aliphatic heterocycles. The van der Waals surface area contributed by atoms with Gasteiger partial charge in [-0.25, -0.2) is 9.78 Å². The first-order valence-electron chi connectivity index (χ1n) is 7.52. The van der Waals surface area contributed by atoms with E-state index in [0.29, 0.717) is 18.1 Å².